The smallest absolute Gasteiger partial charge is 0.323 e. The van der Waals surface area contributed by atoms with E-state index in [0.717, 1.165) is 4.47 Å². The zero-order valence-electron chi connectivity index (χ0n) is 9.82. The van der Waals surface area contributed by atoms with Crippen LogP contribution in [0.5, 0.6) is 0 Å². The molecule has 0 unspecified atom stereocenters. The summed E-state index contributed by atoms with van der Waals surface area (Å²) in [6.07, 6.45) is 0.685. The van der Waals surface area contributed by atoms with Crippen molar-refractivity contribution in [1.29, 1.82) is 0 Å². The summed E-state index contributed by atoms with van der Waals surface area (Å²) in [6, 6.07) is 4.92. The molecule has 0 radical (unpaired) electrons. The Hall–Kier alpha value is -1.07. The van der Waals surface area contributed by atoms with Gasteiger partial charge in [-0.3, -0.25) is 9.59 Å². The first-order valence-corrected chi connectivity index (χ1v) is 6.59. The van der Waals surface area contributed by atoms with Crippen LogP contribution in [0, 0.1) is 0 Å². The molecule has 0 aliphatic carbocycles. The van der Waals surface area contributed by atoms with Crippen molar-refractivity contribution in [3.05, 3.63) is 33.3 Å². The third kappa shape index (κ3) is 3.99. The van der Waals surface area contributed by atoms with Gasteiger partial charge in [-0.25, -0.2) is 0 Å². The number of aliphatic carboxylic acids is 1. The SMILES string of the molecule is CCCN(CC(=O)O)C(=O)c1cc(Br)ccc1Cl. The fraction of sp³-hybridized carbons (Fsp3) is 0.333. The van der Waals surface area contributed by atoms with Crippen molar-refractivity contribution in [1.82, 2.24) is 4.90 Å². The summed E-state index contributed by atoms with van der Waals surface area (Å²) in [6.45, 7) is 1.94. The fourth-order valence-corrected chi connectivity index (χ4v) is 2.08. The zero-order chi connectivity index (χ0) is 13.7. The topological polar surface area (TPSA) is 57.6 Å². The Morgan fingerprint density at radius 3 is 2.67 bits per heavy atom. The summed E-state index contributed by atoms with van der Waals surface area (Å²) in [5.74, 6) is -1.41. The van der Waals surface area contributed by atoms with E-state index in [4.69, 9.17) is 16.7 Å². The number of hydrogen-bond acceptors (Lipinski definition) is 2. The highest BCUT2D eigenvalue weighted by molar-refractivity contribution is 9.10. The highest BCUT2D eigenvalue weighted by Crippen LogP contribution is 2.22. The van der Waals surface area contributed by atoms with Crippen LogP contribution in [0.15, 0.2) is 22.7 Å². The van der Waals surface area contributed by atoms with E-state index in [2.05, 4.69) is 15.9 Å². The van der Waals surface area contributed by atoms with Crippen LogP contribution in [0.1, 0.15) is 23.7 Å². The highest BCUT2D eigenvalue weighted by atomic mass is 79.9. The number of halogens is 2. The maximum absolute atomic E-state index is 12.2. The van der Waals surface area contributed by atoms with Gasteiger partial charge in [0.25, 0.3) is 5.91 Å². The average Bonchev–Trinajstić information content (AvgIpc) is 2.30. The van der Waals surface area contributed by atoms with Crippen LogP contribution in [-0.2, 0) is 4.79 Å². The lowest BCUT2D eigenvalue weighted by molar-refractivity contribution is -0.137. The third-order valence-corrected chi connectivity index (χ3v) is 3.09. The molecule has 0 aliphatic heterocycles. The standard InChI is InChI=1S/C12H13BrClNO3/c1-2-5-15(7-11(16)17)12(18)9-6-8(13)3-4-10(9)14/h3-4,6H,2,5,7H2,1H3,(H,16,17). The van der Waals surface area contributed by atoms with Crippen molar-refractivity contribution in [2.24, 2.45) is 0 Å². The van der Waals surface area contributed by atoms with Crippen LogP contribution < -0.4 is 0 Å². The average molecular weight is 335 g/mol. The summed E-state index contributed by atoms with van der Waals surface area (Å²) >= 11 is 9.21. The Labute approximate surface area is 119 Å². The van der Waals surface area contributed by atoms with E-state index in [1.54, 1.807) is 18.2 Å². The Bertz CT molecular complexity index is 465. The molecule has 0 saturated carbocycles. The predicted octanol–water partition coefficient (Wildman–Crippen LogP) is 3.04. The monoisotopic (exact) mass is 333 g/mol. The normalized spacial score (nSPS) is 10.2. The molecule has 6 heteroatoms. The quantitative estimate of drug-likeness (QED) is 0.900. The molecule has 1 N–H and O–H groups in total. The number of rotatable bonds is 5. The molecule has 4 nitrogen and oxygen atoms in total. The van der Waals surface area contributed by atoms with E-state index in [1.807, 2.05) is 6.92 Å². The lowest BCUT2D eigenvalue weighted by Gasteiger charge is -2.20. The number of hydrogen-bond donors (Lipinski definition) is 1. The van der Waals surface area contributed by atoms with E-state index < -0.39 is 5.97 Å². The molecule has 0 atom stereocenters. The second-order valence-corrected chi connectivity index (χ2v) is 5.07. The fourth-order valence-electron chi connectivity index (χ4n) is 1.52. The molecule has 1 amide bonds. The molecule has 0 aliphatic rings. The van der Waals surface area contributed by atoms with E-state index in [0.29, 0.717) is 23.6 Å². The number of benzene rings is 1. The van der Waals surface area contributed by atoms with Gasteiger partial charge >= 0.3 is 5.97 Å². The summed E-state index contributed by atoms with van der Waals surface area (Å²) in [7, 11) is 0. The van der Waals surface area contributed by atoms with E-state index in [-0.39, 0.29) is 12.5 Å². The summed E-state index contributed by atoms with van der Waals surface area (Å²) < 4.78 is 0.724. The van der Waals surface area contributed by atoms with Crippen LogP contribution in [0.4, 0.5) is 0 Å². The van der Waals surface area contributed by atoms with Gasteiger partial charge < -0.3 is 10.0 Å². The van der Waals surface area contributed by atoms with Gasteiger partial charge in [0.15, 0.2) is 0 Å². The number of amides is 1. The minimum absolute atomic E-state index is 0.306. The van der Waals surface area contributed by atoms with Crippen LogP contribution >= 0.6 is 27.5 Å². The number of carboxylic acid groups (broad SMARTS) is 1. The lowest BCUT2D eigenvalue weighted by Crippen LogP contribution is -2.36. The van der Waals surface area contributed by atoms with Crippen LogP contribution in [-0.4, -0.2) is 35.0 Å². The highest BCUT2D eigenvalue weighted by Gasteiger charge is 2.20. The van der Waals surface area contributed by atoms with Crippen molar-refractivity contribution < 1.29 is 14.7 Å². The van der Waals surface area contributed by atoms with Gasteiger partial charge in [0.1, 0.15) is 6.54 Å². The van der Waals surface area contributed by atoms with Crippen LogP contribution in [0.2, 0.25) is 5.02 Å². The molecule has 0 aromatic heterocycles. The lowest BCUT2D eigenvalue weighted by atomic mass is 10.2. The molecule has 0 saturated heterocycles. The Kier molecular flexibility index (Phi) is 5.62. The molecule has 1 rings (SSSR count). The van der Waals surface area contributed by atoms with Gasteiger partial charge in [-0.1, -0.05) is 34.5 Å². The molecule has 18 heavy (non-hydrogen) atoms. The first kappa shape index (κ1) is 15.0. The van der Waals surface area contributed by atoms with E-state index in [1.165, 1.54) is 4.90 Å². The molecule has 0 spiro atoms. The van der Waals surface area contributed by atoms with Gasteiger partial charge in [-0.05, 0) is 24.6 Å². The van der Waals surface area contributed by atoms with Crippen LogP contribution in [0.25, 0.3) is 0 Å². The molecule has 1 aromatic carbocycles. The Morgan fingerprint density at radius 1 is 1.44 bits per heavy atom. The maximum atomic E-state index is 12.2. The summed E-state index contributed by atoms with van der Waals surface area (Å²) in [5.41, 5.74) is 0.306. The molecule has 0 heterocycles. The number of carbonyl (C=O) groups is 2. The van der Waals surface area contributed by atoms with E-state index in [9.17, 15) is 9.59 Å². The van der Waals surface area contributed by atoms with Crippen molar-refractivity contribution >= 4 is 39.4 Å². The Balaban J connectivity index is 3.01. The Morgan fingerprint density at radius 2 is 2.11 bits per heavy atom. The van der Waals surface area contributed by atoms with Crippen molar-refractivity contribution in [3.8, 4) is 0 Å². The number of nitrogens with zero attached hydrogens (tertiary/aromatic N) is 1. The number of carboxylic acids is 1. The molecular weight excluding hydrogens is 321 g/mol. The predicted molar refractivity (Wildman–Crippen MR) is 73.0 cm³/mol. The summed E-state index contributed by atoms with van der Waals surface area (Å²) in [4.78, 5) is 24.2. The van der Waals surface area contributed by atoms with Gasteiger partial charge in [0.05, 0.1) is 10.6 Å². The zero-order valence-corrected chi connectivity index (χ0v) is 12.2. The van der Waals surface area contributed by atoms with Crippen molar-refractivity contribution in [3.63, 3.8) is 0 Å². The largest absolute Gasteiger partial charge is 0.480 e. The van der Waals surface area contributed by atoms with Gasteiger partial charge in [0, 0.05) is 11.0 Å². The maximum Gasteiger partial charge on any atom is 0.323 e. The number of carbonyl (C=O) groups excluding carboxylic acids is 1. The minimum atomic E-state index is -1.04. The van der Waals surface area contributed by atoms with Gasteiger partial charge in [-0.15, -0.1) is 0 Å². The second-order valence-electron chi connectivity index (χ2n) is 3.74. The van der Waals surface area contributed by atoms with Crippen molar-refractivity contribution in [2.75, 3.05) is 13.1 Å². The first-order valence-electron chi connectivity index (χ1n) is 5.41. The second kappa shape index (κ2) is 6.75. The molecule has 0 bridgehead atoms. The first-order chi connectivity index (χ1) is 8.45. The minimum Gasteiger partial charge on any atom is -0.480 e. The van der Waals surface area contributed by atoms with Crippen LogP contribution in [0.3, 0.4) is 0 Å². The van der Waals surface area contributed by atoms with Crippen molar-refractivity contribution in [2.45, 2.75) is 13.3 Å². The summed E-state index contributed by atoms with van der Waals surface area (Å²) in [5, 5.41) is 9.11. The molecular formula is C12H13BrClNO3. The van der Waals surface area contributed by atoms with Gasteiger partial charge in [-0.2, -0.15) is 0 Å². The molecule has 1 aromatic rings. The molecule has 0 fully saturated rings. The van der Waals surface area contributed by atoms with Gasteiger partial charge in [0.2, 0.25) is 0 Å². The molecule has 98 valence electrons. The third-order valence-electron chi connectivity index (χ3n) is 2.27. The van der Waals surface area contributed by atoms with E-state index >= 15 is 0 Å².